The van der Waals surface area contributed by atoms with Crippen molar-refractivity contribution >= 4 is 17.4 Å². The number of amides is 2. The van der Waals surface area contributed by atoms with Crippen molar-refractivity contribution in [1.29, 1.82) is 0 Å². The first-order chi connectivity index (χ1) is 21.2. The van der Waals surface area contributed by atoms with Crippen LogP contribution in [0.1, 0.15) is 50.4 Å². The third-order valence-corrected chi connectivity index (χ3v) is 7.98. The highest BCUT2D eigenvalue weighted by atomic mass is 32.1. The first-order valence-electron chi connectivity index (χ1n) is 13.9. The van der Waals surface area contributed by atoms with Crippen LogP contribution < -0.4 is 14.9 Å². The van der Waals surface area contributed by atoms with Gasteiger partial charge < -0.3 is 10.1 Å². The van der Waals surface area contributed by atoms with Gasteiger partial charge in [-0.25, -0.2) is 18.9 Å². The third kappa shape index (κ3) is 7.31. The number of nitrogens with zero attached hydrogens (tertiary/aromatic N) is 5. The maximum absolute atomic E-state index is 14.0. The van der Waals surface area contributed by atoms with E-state index in [1.165, 1.54) is 58.7 Å². The summed E-state index contributed by atoms with van der Waals surface area (Å²) in [6.07, 6.45) is -3.31. The van der Waals surface area contributed by atoms with Gasteiger partial charge in [-0.2, -0.15) is 4.99 Å². The Bertz CT molecular complexity index is 1890. The lowest BCUT2D eigenvalue weighted by Gasteiger charge is -2.25. The summed E-state index contributed by atoms with van der Waals surface area (Å²) in [5.74, 6) is -0.184. The molecular formula is C32H30F4N6O2S. The molecule has 2 amide bonds. The zero-order chi connectivity index (χ0) is 32.5. The maximum atomic E-state index is 14.0. The first kappa shape index (κ1) is 31.6. The number of urea groups is 1. The number of benzene rings is 3. The van der Waals surface area contributed by atoms with E-state index in [4.69, 9.17) is 0 Å². The normalized spacial score (nSPS) is 12.5. The van der Waals surface area contributed by atoms with E-state index >= 15 is 0 Å². The number of halogens is 4. The van der Waals surface area contributed by atoms with E-state index in [1.807, 2.05) is 68.8 Å². The molecule has 0 aliphatic heterocycles. The summed E-state index contributed by atoms with van der Waals surface area (Å²) in [5.41, 5.74) is 3.69. The van der Waals surface area contributed by atoms with Crippen molar-refractivity contribution in [2.45, 2.75) is 52.4 Å². The van der Waals surface area contributed by atoms with Crippen LogP contribution in [0.25, 0.3) is 22.8 Å². The Balaban J connectivity index is 1.32. The van der Waals surface area contributed by atoms with Crippen molar-refractivity contribution < 1.29 is 27.1 Å². The summed E-state index contributed by atoms with van der Waals surface area (Å²) in [6.45, 7) is 9.60. The number of alkyl halides is 3. The van der Waals surface area contributed by atoms with Gasteiger partial charge in [-0.05, 0) is 80.3 Å². The van der Waals surface area contributed by atoms with E-state index in [0.717, 1.165) is 22.5 Å². The Hall–Kier alpha value is -4.78. The second-order valence-corrected chi connectivity index (χ2v) is 12.0. The van der Waals surface area contributed by atoms with Gasteiger partial charge in [0.15, 0.2) is 10.6 Å². The van der Waals surface area contributed by atoms with Crippen LogP contribution >= 0.6 is 11.3 Å². The van der Waals surface area contributed by atoms with E-state index in [-0.39, 0.29) is 17.5 Å². The molecule has 1 N–H and O–H groups in total. The van der Waals surface area contributed by atoms with E-state index in [1.54, 1.807) is 6.07 Å². The van der Waals surface area contributed by atoms with Crippen LogP contribution in [0.4, 0.5) is 22.4 Å². The molecule has 0 atom stereocenters. The second kappa shape index (κ2) is 12.3. The average molecular weight is 639 g/mol. The number of carbonyl (C=O) groups is 1. The van der Waals surface area contributed by atoms with Crippen LogP contribution in [-0.4, -0.2) is 31.7 Å². The Morgan fingerprint density at radius 2 is 1.71 bits per heavy atom. The molecule has 2 heterocycles. The summed E-state index contributed by atoms with van der Waals surface area (Å²) >= 11 is 1.32. The highest BCUT2D eigenvalue weighted by Crippen LogP contribution is 2.27. The number of thiazole rings is 1. The molecule has 0 unspecified atom stereocenters. The van der Waals surface area contributed by atoms with Crippen LogP contribution in [0.5, 0.6) is 5.75 Å². The third-order valence-electron chi connectivity index (χ3n) is 7.04. The minimum absolute atomic E-state index is 0.0586. The average Bonchev–Trinajstić information content (AvgIpc) is 3.59. The van der Waals surface area contributed by atoms with Crippen LogP contribution in [0.15, 0.2) is 83.4 Å². The molecule has 0 radical (unpaired) electrons. The molecule has 0 spiro atoms. The molecule has 0 saturated carbocycles. The number of aromatic nitrogens is 4. The predicted molar refractivity (Wildman–Crippen MR) is 163 cm³/mol. The number of hydrogen-bond donors (Lipinski definition) is 1. The molecular weight excluding hydrogens is 608 g/mol. The van der Waals surface area contributed by atoms with Gasteiger partial charge in [-0.3, -0.25) is 4.57 Å². The van der Waals surface area contributed by atoms with Crippen molar-refractivity contribution in [2.24, 2.45) is 4.99 Å². The van der Waals surface area contributed by atoms with Crippen LogP contribution in [0.3, 0.4) is 0 Å². The van der Waals surface area contributed by atoms with Crippen LogP contribution in [0, 0.1) is 12.7 Å². The molecule has 0 saturated heterocycles. The van der Waals surface area contributed by atoms with Gasteiger partial charge in [0.05, 0.1) is 16.9 Å². The number of rotatable bonds is 7. The topological polar surface area (TPSA) is 86.3 Å². The van der Waals surface area contributed by atoms with Crippen molar-refractivity contribution in [3.63, 3.8) is 0 Å². The standard InChI is InChI=1S/C32H30F4N6O2S/c1-19(2)26-16-23(33)10-15-27(26)42-20(3)17-45-30(42)38-29(43)39-31(4,5)22-8-6-21(7-9-22)28-37-18-41(40-28)24-11-13-25(14-12-24)44-32(34,35)36/h6-19H,1-5H3,(H,39,43)/b38-30-. The van der Waals surface area contributed by atoms with Gasteiger partial charge in [-0.1, -0.05) is 38.1 Å². The Labute approximate surface area is 260 Å². The van der Waals surface area contributed by atoms with E-state index < -0.39 is 17.9 Å². The minimum Gasteiger partial charge on any atom is -0.406 e. The monoisotopic (exact) mass is 638 g/mol. The van der Waals surface area contributed by atoms with E-state index in [2.05, 4.69) is 25.1 Å². The highest BCUT2D eigenvalue weighted by Gasteiger charge is 2.31. The molecule has 5 aromatic rings. The molecule has 0 fully saturated rings. The van der Waals surface area contributed by atoms with Gasteiger partial charge >= 0.3 is 12.4 Å². The fraction of sp³-hybridized carbons (Fsp3) is 0.250. The summed E-state index contributed by atoms with van der Waals surface area (Å²) in [7, 11) is 0. The Morgan fingerprint density at radius 1 is 1.02 bits per heavy atom. The van der Waals surface area contributed by atoms with Gasteiger partial charge in [0.25, 0.3) is 0 Å². The molecule has 0 aliphatic carbocycles. The summed E-state index contributed by atoms with van der Waals surface area (Å²) in [6, 6.07) is 16.7. The molecule has 0 aliphatic rings. The largest absolute Gasteiger partial charge is 0.573 e. The van der Waals surface area contributed by atoms with Crippen LogP contribution in [-0.2, 0) is 5.54 Å². The molecule has 8 nitrogen and oxygen atoms in total. The first-order valence-corrected chi connectivity index (χ1v) is 14.8. The molecule has 5 rings (SSSR count). The molecule has 13 heteroatoms. The minimum atomic E-state index is -4.77. The highest BCUT2D eigenvalue weighted by molar-refractivity contribution is 7.07. The van der Waals surface area contributed by atoms with Crippen molar-refractivity contribution in [3.8, 4) is 28.5 Å². The fourth-order valence-corrected chi connectivity index (χ4v) is 5.63. The van der Waals surface area contributed by atoms with E-state index in [0.29, 0.717) is 21.9 Å². The Morgan fingerprint density at radius 3 is 2.36 bits per heavy atom. The van der Waals surface area contributed by atoms with Gasteiger partial charge in [-0.15, -0.1) is 29.6 Å². The molecule has 234 valence electrons. The predicted octanol–water partition coefficient (Wildman–Crippen LogP) is 7.80. The number of hydrogen-bond acceptors (Lipinski definition) is 5. The Kier molecular flexibility index (Phi) is 8.66. The lowest BCUT2D eigenvalue weighted by atomic mass is 9.93. The number of carbonyl (C=O) groups excluding carboxylic acids is 1. The number of ether oxygens (including phenoxy) is 1. The van der Waals surface area contributed by atoms with Crippen molar-refractivity contribution in [2.75, 3.05) is 0 Å². The van der Waals surface area contributed by atoms with E-state index in [9.17, 15) is 22.4 Å². The smallest absolute Gasteiger partial charge is 0.406 e. The van der Waals surface area contributed by atoms with Crippen LogP contribution in [0.2, 0.25) is 0 Å². The molecule has 2 aromatic heterocycles. The summed E-state index contributed by atoms with van der Waals surface area (Å²) in [4.78, 5) is 22.3. The SMILES string of the molecule is Cc1cs/c(=N\C(=O)NC(C)(C)c2ccc(-c3ncn(-c4ccc(OC(F)(F)F)cc4)n3)cc2)n1-c1ccc(F)cc1C(C)C. The van der Waals surface area contributed by atoms with Gasteiger partial charge in [0.1, 0.15) is 17.9 Å². The number of nitrogens with one attached hydrogen (secondary N) is 1. The lowest BCUT2D eigenvalue weighted by molar-refractivity contribution is -0.274. The van der Waals surface area contributed by atoms with Gasteiger partial charge in [0.2, 0.25) is 0 Å². The number of aryl methyl sites for hydroxylation is 1. The molecule has 0 bridgehead atoms. The fourth-order valence-electron chi connectivity index (χ4n) is 4.77. The summed E-state index contributed by atoms with van der Waals surface area (Å²) < 4.78 is 58.6. The quantitative estimate of drug-likeness (QED) is 0.184. The zero-order valence-electron chi connectivity index (χ0n) is 25.1. The molecule has 3 aromatic carbocycles. The molecule has 45 heavy (non-hydrogen) atoms. The maximum Gasteiger partial charge on any atom is 0.573 e. The van der Waals surface area contributed by atoms with Gasteiger partial charge in [0, 0.05) is 16.6 Å². The second-order valence-electron chi connectivity index (χ2n) is 11.2. The lowest BCUT2D eigenvalue weighted by Crippen LogP contribution is -2.40. The zero-order valence-corrected chi connectivity index (χ0v) is 25.9. The van der Waals surface area contributed by atoms with Crippen molar-refractivity contribution in [1.82, 2.24) is 24.6 Å². The van der Waals surface area contributed by atoms with Crippen molar-refractivity contribution in [3.05, 3.63) is 106 Å². The summed E-state index contributed by atoms with van der Waals surface area (Å²) in [5, 5.41) is 9.30.